The van der Waals surface area contributed by atoms with Gasteiger partial charge in [0.05, 0.1) is 18.2 Å². The van der Waals surface area contributed by atoms with Crippen molar-refractivity contribution < 1.29 is 14.3 Å². The van der Waals surface area contributed by atoms with Crippen LogP contribution in [0.15, 0.2) is 12.1 Å². The number of hydrogen-bond acceptors (Lipinski definition) is 4. The first-order valence-electron chi connectivity index (χ1n) is 9.78. The molecule has 7 heteroatoms. The first-order chi connectivity index (χ1) is 12.7. The van der Waals surface area contributed by atoms with E-state index < -0.39 is 0 Å². The van der Waals surface area contributed by atoms with E-state index in [1.807, 2.05) is 6.92 Å². The van der Waals surface area contributed by atoms with E-state index in [1.54, 1.807) is 12.1 Å². The predicted octanol–water partition coefficient (Wildman–Crippen LogP) is 4.31. The number of carbonyl (C=O) groups excluding carboxylic acids is 1. The third kappa shape index (κ3) is 5.01. The molecular weight excluding hydrogens is 387 g/mol. The average molecular weight is 417 g/mol. The highest BCUT2D eigenvalue weighted by Gasteiger charge is 2.38. The SMILES string of the molecule is CCCCOc1c(Cl)cc(C(=O)N2C3CCNCC2CC3)cc1OCC.Cl. The minimum absolute atomic E-state index is 0. The van der Waals surface area contributed by atoms with E-state index in [4.69, 9.17) is 21.1 Å². The molecule has 1 aromatic carbocycles. The standard InChI is InChI=1S/C20H29ClN2O3.ClH/c1-3-5-10-26-19-17(21)11-14(12-18(19)25-4-2)20(24)23-15-6-7-16(23)13-22-9-8-15;/h11-12,15-16,22H,3-10,13H2,1-2H3;1H. The van der Waals surface area contributed by atoms with Crippen LogP contribution in [0, 0.1) is 0 Å². The van der Waals surface area contributed by atoms with Crippen LogP contribution >= 0.6 is 24.0 Å². The topological polar surface area (TPSA) is 50.8 Å². The molecule has 2 saturated heterocycles. The zero-order chi connectivity index (χ0) is 18.5. The number of carbonyl (C=O) groups is 1. The summed E-state index contributed by atoms with van der Waals surface area (Å²) in [5.41, 5.74) is 0.583. The average Bonchev–Trinajstić information content (AvgIpc) is 2.89. The van der Waals surface area contributed by atoms with Crippen molar-refractivity contribution >= 4 is 29.9 Å². The zero-order valence-electron chi connectivity index (χ0n) is 16.1. The molecule has 0 aromatic heterocycles. The van der Waals surface area contributed by atoms with Gasteiger partial charge in [-0.1, -0.05) is 24.9 Å². The van der Waals surface area contributed by atoms with Crippen molar-refractivity contribution in [2.75, 3.05) is 26.3 Å². The number of hydrogen-bond donors (Lipinski definition) is 1. The van der Waals surface area contributed by atoms with E-state index in [-0.39, 0.29) is 24.4 Å². The summed E-state index contributed by atoms with van der Waals surface area (Å²) in [6.07, 6.45) is 5.15. The summed E-state index contributed by atoms with van der Waals surface area (Å²) in [7, 11) is 0. The van der Waals surface area contributed by atoms with Crippen molar-refractivity contribution in [3.63, 3.8) is 0 Å². The lowest BCUT2D eigenvalue weighted by Gasteiger charge is -2.28. The molecule has 2 heterocycles. The van der Waals surface area contributed by atoms with Crippen molar-refractivity contribution in [3.8, 4) is 11.5 Å². The maximum absolute atomic E-state index is 13.2. The molecule has 2 aliphatic heterocycles. The molecule has 27 heavy (non-hydrogen) atoms. The molecule has 0 aliphatic carbocycles. The van der Waals surface area contributed by atoms with Gasteiger partial charge in [-0.3, -0.25) is 4.79 Å². The van der Waals surface area contributed by atoms with Gasteiger partial charge in [0.1, 0.15) is 0 Å². The Morgan fingerprint density at radius 2 is 2.00 bits per heavy atom. The fraction of sp³-hybridized carbons (Fsp3) is 0.650. The number of amides is 1. The highest BCUT2D eigenvalue weighted by atomic mass is 35.5. The van der Waals surface area contributed by atoms with Gasteiger partial charge in [0.25, 0.3) is 5.91 Å². The second-order valence-electron chi connectivity index (χ2n) is 7.01. The van der Waals surface area contributed by atoms with Crippen LogP contribution in [0.5, 0.6) is 11.5 Å². The van der Waals surface area contributed by atoms with E-state index in [2.05, 4.69) is 17.1 Å². The Kier molecular flexibility index (Phi) is 8.52. The zero-order valence-corrected chi connectivity index (χ0v) is 17.7. The van der Waals surface area contributed by atoms with Crippen LogP contribution in [0.3, 0.4) is 0 Å². The van der Waals surface area contributed by atoms with Crippen LogP contribution in [0.4, 0.5) is 0 Å². The normalized spacial score (nSPS) is 21.4. The van der Waals surface area contributed by atoms with Gasteiger partial charge in [-0.2, -0.15) is 0 Å². The summed E-state index contributed by atoms with van der Waals surface area (Å²) < 4.78 is 11.6. The highest BCUT2D eigenvalue weighted by Crippen LogP contribution is 2.38. The van der Waals surface area contributed by atoms with E-state index in [0.29, 0.717) is 41.3 Å². The minimum atomic E-state index is 0. The lowest BCUT2D eigenvalue weighted by Crippen LogP contribution is -2.42. The Labute approximate surface area is 173 Å². The van der Waals surface area contributed by atoms with E-state index in [1.165, 1.54) is 0 Å². The lowest BCUT2D eigenvalue weighted by atomic mass is 10.1. The van der Waals surface area contributed by atoms with Gasteiger partial charge in [0, 0.05) is 24.2 Å². The third-order valence-corrected chi connectivity index (χ3v) is 5.47. The molecule has 0 spiro atoms. The molecule has 152 valence electrons. The second-order valence-corrected chi connectivity index (χ2v) is 7.42. The molecule has 1 aromatic rings. The van der Waals surface area contributed by atoms with Gasteiger partial charge in [0.2, 0.25) is 0 Å². The number of nitrogens with one attached hydrogen (secondary N) is 1. The van der Waals surface area contributed by atoms with Gasteiger partial charge in [0.15, 0.2) is 11.5 Å². The van der Waals surface area contributed by atoms with Gasteiger partial charge < -0.3 is 19.7 Å². The maximum atomic E-state index is 13.2. The molecule has 2 fully saturated rings. The molecule has 2 aliphatic rings. The van der Waals surface area contributed by atoms with Crippen LogP contribution in [-0.4, -0.2) is 49.2 Å². The number of halogens is 2. The monoisotopic (exact) mass is 416 g/mol. The summed E-state index contributed by atoms with van der Waals surface area (Å²) in [6, 6.07) is 4.10. The van der Waals surface area contributed by atoms with Crippen molar-refractivity contribution in [1.82, 2.24) is 10.2 Å². The number of nitrogens with zero attached hydrogens (tertiary/aromatic N) is 1. The van der Waals surface area contributed by atoms with Crippen molar-refractivity contribution in [2.45, 2.75) is 58.0 Å². The molecule has 2 atom stereocenters. The van der Waals surface area contributed by atoms with E-state index in [0.717, 1.165) is 45.2 Å². The molecule has 5 nitrogen and oxygen atoms in total. The van der Waals surface area contributed by atoms with Gasteiger partial charge >= 0.3 is 0 Å². The van der Waals surface area contributed by atoms with Crippen molar-refractivity contribution in [3.05, 3.63) is 22.7 Å². The number of ether oxygens (including phenoxy) is 2. The molecule has 2 unspecified atom stereocenters. The Balaban J connectivity index is 0.00000261. The Hall–Kier alpha value is -1.17. The maximum Gasteiger partial charge on any atom is 0.254 e. The van der Waals surface area contributed by atoms with E-state index in [9.17, 15) is 4.79 Å². The Morgan fingerprint density at radius 3 is 2.74 bits per heavy atom. The third-order valence-electron chi connectivity index (χ3n) is 5.19. The molecule has 1 N–H and O–H groups in total. The van der Waals surface area contributed by atoms with Crippen LogP contribution in [-0.2, 0) is 0 Å². The molecule has 0 radical (unpaired) electrons. The summed E-state index contributed by atoms with van der Waals surface area (Å²) >= 11 is 6.46. The molecule has 3 rings (SSSR count). The largest absolute Gasteiger partial charge is 0.490 e. The fourth-order valence-electron chi connectivity index (χ4n) is 3.88. The number of fused-ring (bicyclic) bond motifs is 2. The summed E-state index contributed by atoms with van der Waals surface area (Å²) in [5.74, 6) is 1.14. The lowest BCUT2D eigenvalue weighted by molar-refractivity contribution is 0.0679. The highest BCUT2D eigenvalue weighted by molar-refractivity contribution is 6.32. The predicted molar refractivity (Wildman–Crippen MR) is 111 cm³/mol. The van der Waals surface area contributed by atoms with Crippen molar-refractivity contribution in [2.24, 2.45) is 0 Å². The molecule has 1 amide bonds. The summed E-state index contributed by atoms with van der Waals surface area (Å²) in [6.45, 7) is 6.95. The molecule has 2 bridgehead atoms. The summed E-state index contributed by atoms with van der Waals surface area (Å²) in [4.78, 5) is 15.3. The molecular formula is C20H30Cl2N2O3. The van der Waals surface area contributed by atoms with Crippen molar-refractivity contribution in [1.29, 1.82) is 0 Å². The minimum Gasteiger partial charge on any atom is -0.490 e. The van der Waals surface area contributed by atoms with Crippen LogP contribution in [0.1, 0.15) is 56.3 Å². The van der Waals surface area contributed by atoms with Gasteiger partial charge in [-0.25, -0.2) is 0 Å². The number of unbranched alkanes of at least 4 members (excludes halogenated alkanes) is 1. The smallest absolute Gasteiger partial charge is 0.254 e. The molecule has 0 saturated carbocycles. The van der Waals surface area contributed by atoms with Gasteiger partial charge in [-0.05, 0) is 51.3 Å². The second kappa shape index (κ2) is 10.4. The number of benzene rings is 1. The first-order valence-corrected chi connectivity index (χ1v) is 10.2. The Bertz CT molecular complexity index is 628. The van der Waals surface area contributed by atoms with E-state index >= 15 is 0 Å². The van der Waals surface area contributed by atoms with Crippen LogP contribution in [0.2, 0.25) is 5.02 Å². The van der Waals surface area contributed by atoms with Crippen LogP contribution in [0.25, 0.3) is 0 Å². The first kappa shape index (κ1) is 22.1. The fourth-order valence-corrected chi connectivity index (χ4v) is 4.14. The quantitative estimate of drug-likeness (QED) is 0.672. The van der Waals surface area contributed by atoms with Gasteiger partial charge in [-0.15, -0.1) is 12.4 Å². The number of rotatable bonds is 7. The Morgan fingerprint density at radius 1 is 1.22 bits per heavy atom. The van der Waals surface area contributed by atoms with Crippen LogP contribution < -0.4 is 14.8 Å². The summed E-state index contributed by atoms with van der Waals surface area (Å²) in [5, 5.41) is 3.87.